The van der Waals surface area contributed by atoms with Crippen molar-refractivity contribution in [3.05, 3.63) is 0 Å². The molecule has 0 rings (SSSR count). The minimum atomic E-state index is -1.37. The average Bonchev–Trinajstić information content (AvgIpc) is 2.23. The van der Waals surface area contributed by atoms with E-state index in [0.717, 1.165) is 0 Å². The Labute approximate surface area is 106 Å². The van der Waals surface area contributed by atoms with Gasteiger partial charge in [-0.25, -0.2) is 4.79 Å². The maximum absolute atomic E-state index is 11.6. The second kappa shape index (κ2) is 6.34. The van der Waals surface area contributed by atoms with Gasteiger partial charge in [0.25, 0.3) is 0 Å². The SMILES string of the molecule is CC(NC(=O)C(C)(C)C)C(=O)N[C@@H](CO)C(=O)O. The molecule has 0 aliphatic rings. The number of rotatable bonds is 5. The highest BCUT2D eigenvalue weighted by atomic mass is 16.4. The molecule has 2 atom stereocenters. The molecule has 0 radical (unpaired) electrons. The highest BCUT2D eigenvalue weighted by Crippen LogP contribution is 2.12. The van der Waals surface area contributed by atoms with Crippen molar-refractivity contribution in [2.75, 3.05) is 6.61 Å². The number of aliphatic hydroxyl groups is 1. The molecule has 2 amide bonds. The van der Waals surface area contributed by atoms with Crippen LogP contribution in [0.1, 0.15) is 27.7 Å². The maximum atomic E-state index is 11.6. The molecule has 4 N–H and O–H groups in total. The Hall–Kier alpha value is -1.63. The first-order valence-corrected chi connectivity index (χ1v) is 5.54. The third kappa shape index (κ3) is 5.13. The van der Waals surface area contributed by atoms with Gasteiger partial charge in [-0.3, -0.25) is 9.59 Å². The molecule has 104 valence electrons. The number of carboxylic acids is 1. The number of amides is 2. The van der Waals surface area contributed by atoms with Crippen LogP contribution in [0, 0.1) is 5.41 Å². The van der Waals surface area contributed by atoms with Crippen LogP contribution in [-0.4, -0.2) is 46.7 Å². The van der Waals surface area contributed by atoms with Crippen LogP contribution in [0.5, 0.6) is 0 Å². The number of carbonyl (C=O) groups is 3. The molecule has 0 spiro atoms. The fourth-order valence-corrected chi connectivity index (χ4v) is 0.961. The summed E-state index contributed by atoms with van der Waals surface area (Å²) < 4.78 is 0. The molecule has 0 aromatic heterocycles. The van der Waals surface area contributed by atoms with Crippen molar-refractivity contribution in [3.8, 4) is 0 Å². The predicted molar refractivity (Wildman–Crippen MR) is 63.7 cm³/mol. The van der Waals surface area contributed by atoms with Crippen LogP contribution in [0.25, 0.3) is 0 Å². The molecule has 0 fully saturated rings. The van der Waals surface area contributed by atoms with Gasteiger partial charge in [0.15, 0.2) is 0 Å². The van der Waals surface area contributed by atoms with E-state index >= 15 is 0 Å². The lowest BCUT2D eigenvalue weighted by Gasteiger charge is -2.22. The van der Waals surface area contributed by atoms with E-state index in [2.05, 4.69) is 10.6 Å². The molecule has 0 aliphatic heterocycles. The topological polar surface area (TPSA) is 116 Å². The summed E-state index contributed by atoms with van der Waals surface area (Å²) >= 11 is 0. The van der Waals surface area contributed by atoms with Gasteiger partial charge in [-0.1, -0.05) is 20.8 Å². The maximum Gasteiger partial charge on any atom is 0.328 e. The van der Waals surface area contributed by atoms with Gasteiger partial charge >= 0.3 is 5.97 Å². The van der Waals surface area contributed by atoms with Crippen molar-refractivity contribution in [2.45, 2.75) is 39.8 Å². The van der Waals surface area contributed by atoms with Gasteiger partial charge in [-0.05, 0) is 6.92 Å². The number of carbonyl (C=O) groups excluding carboxylic acids is 2. The van der Waals surface area contributed by atoms with Crippen LogP contribution in [0.15, 0.2) is 0 Å². The summed E-state index contributed by atoms with van der Waals surface area (Å²) in [6.45, 7) is 5.82. The number of hydrogen-bond donors (Lipinski definition) is 4. The van der Waals surface area contributed by atoms with E-state index < -0.39 is 36.0 Å². The quantitative estimate of drug-likeness (QED) is 0.511. The zero-order valence-corrected chi connectivity index (χ0v) is 11.0. The van der Waals surface area contributed by atoms with Crippen LogP contribution >= 0.6 is 0 Å². The highest BCUT2D eigenvalue weighted by molar-refractivity contribution is 5.91. The monoisotopic (exact) mass is 260 g/mol. The second-order valence-corrected chi connectivity index (χ2v) is 5.03. The van der Waals surface area contributed by atoms with Crippen LogP contribution in [0.2, 0.25) is 0 Å². The van der Waals surface area contributed by atoms with Gasteiger partial charge in [-0.15, -0.1) is 0 Å². The lowest BCUT2D eigenvalue weighted by atomic mass is 9.95. The number of aliphatic hydroxyl groups excluding tert-OH is 1. The Morgan fingerprint density at radius 2 is 1.67 bits per heavy atom. The van der Waals surface area contributed by atoms with E-state index in [9.17, 15) is 14.4 Å². The van der Waals surface area contributed by atoms with Crippen molar-refractivity contribution >= 4 is 17.8 Å². The molecule has 0 aliphatic carbocycles. The average molecular weight is 260 g/mol. The van der Waals surface area contributed by atoms with E-state index in [0.29, 0.717) is 0 Å². The van der Waals surface area contributed by atoms with Crippen LogP contribution in [0.3, 0.4) is 0 Å². The predicted octanol–water partition coefficient (Wildman–Crippen LogP) is -0.901. The standard InChI is InChI=1S/C11H20N2O5/c1-6(12-10(18)11(2,3)4)8(15)13-7(5-14)9(16)17/h6-7,14H,5H2,1-4H3,(H,12,18)(H,13,15)(H,16,17)/t6?,7-/m0/s1. The van der Waals surface area contributed by atoms with Crippen molar-refractivity contribution in [1.29, 1.82) is 0 Å². The fraction of sp³-hybridized carbons (Fsp3) is 0.727. The van der Waals surface area contributed by atoms with Crippen molar-refractivity contribution < 1.29 is 24.6 Å². The Morgan fingerprint density at radius 3 is 2.00 bits per heavy atom. The molecule has 0 saturated carbocycles. The highest BCUT2D eigenvalue weighted by Gasteiger charge is 2.27. The molecule has 0 saturated heterocycles. The number of aliphatic carboxylic acids is 1. The van der Waals surface area contributed by atoms with Crippen molar-refractivity contribution in [3.63, 3.8) is 0 Å². The molecule has 0 aromatic carbocycles. The summed E-state index contributed by atoms with van der Waals surface area (Å²) in [4.78, 5) is 33.8. The first-order valence-electron chi connectivity index (χ1n) is 5.54. The summed E-state index contributed by atoms with van der Waals surface area (Å²) in [6, 6.07) is -2.24. The van der Waals surface area contributed by atoms with Crippen molar-refractivity contribution in [1.82, 2.24) is 10.6 Å². The van der Waals surface area contributed by atoms with Gasteiger partial charge in [0, 0.05) is 5.41 Å². The molecule has 1 unspecified atom stereocenters. The zero-order valence-electron chi connectivity index (χ0n) is 11.0. The van der Waals surface area contributed by atoms with Crippen LogP contribution < -0.4 is 10.6 Å². The molecule has 0 heterocycles. The second-order valence-electron chi connectivity index (χ2n) is 5.03. The summed E-state index contributed by atoms with van der Waals surface area (Å²) in [6.07, 6.45) is 0. The van der Waals surface area contributed by atoms with E-state index in [-0.39, 0.29) is 5.91 Å². The molecule has 18 heavy (non-hydrogen) atoms. The largest absolute Gasteiger partial charge is 0.480 e. The summed E-state index contributed by atoms with van der Waals surface area (Å²) in [5.74, 6) is -2.31. The lowest BCUT2D eigenvalue weighted by Crippen LogP contribution is -2.53. The molecule has 7 nitrogen and oxygen atoms in total. The van der Waals surface area contributed by atoms with E-state index in [1.807, 2.05) is 0 Å². The van der Waals surface area contributed by atoms with Gasteiger partial charge < -0.3 is 20.8 Å². The Balaban J connectivity index is 4.44. The number of nitrogens with one attached hydrogen (secondary N) is 2. The minimum Gasteiger partial charge on any atom is -0.480 e. The lowest BCUT2D eigenvalue weighted by molar-refractivity contribution is -0.143. The smallest absolute Gasteiger partial charge is 0.328 e. The molecule has 0 aromatic rings. The Morgan fingerprint density at radius 1 is 1.17 bits per heavy atom. The number of hydrogen-bond acceptors (Lipinski definition) is 4. The zero-order chi connectivity index (χ0) is 14.5. The fourth-order valence-electron chi connectivity index (χ4n) is 0.961. The molecular formula is C11H20N2O5. The summed E-state index contributed by atoms with van der Waals surface area (Å²) in [5.41, 5.74) is -0.641. The van der Waals surface area contributed by atoms with Crippen molar-refractivity contribution in [2.24, 2.45) is 5.41 Å². The summed E-state index contributed by atoms with van der Waals surface area (Å²) in [5, 5.41) is 22.0. The van der Waals surface area contributed by atoms with E-state index in [1.165, 1.54) is 6.92 Å². The van der Waals surface area contributed by atoms with Gasteiger partial charge in [0.2, 0.25) is 11.8 Å². The Kier molecular flexibility index (Phi) is 5.77. The van der Waals surface area contributed by atoms with E-state index in [4.69, 9.17) is 10.2 Å². The van der Waals surface area contributed by atoms with Crippen LogP contribution in [0.4, 0.5) is 0 Å². The normalized spacial score (nSPS) is 14.5. The first kappa shape index (κ1) is 16.4. The summed E-state index contributed by atoms with van der Waals surface area (Å²) in [7, 11) is 0. The first-order chi connectivity index (χ1) is 8.09. The molecule has 0 bridgehead atoms. The van der Waals surface area contributed by atoms with Gasteiger partial charge in [0.05, 0.1) is 6.61 Å². The van der Waals surface area contributed by atoms with Gasteiger partial charge in [-0.2, -0.15) is 0 Å². The third-order valence-corrected chi connectivity index (χ3v) is 2.22. The Bertz CT molecular complexity index is 335. The molecule has 7 heteroatoms. The number of carboxylic acid groups (broad SMARTS) is 1. The third-order valence-electron chi connectivity index (χ3n) is 2.22. The molecular weight excluding hydrogens is 240 g/mol. The van der Waals surface area contributed by atoms with Crippen LogP contribution in [-0.2, 0) is 14.4 Å². The van der Waals surface area contributed by atoms with E-state index in [1.54, 1.807) is 20.8 Å². The minimum absolute atomic E-state index is 0.318. The van der Waals surface area contributed by atoms with Gasteiger partial charge in [0.1, 0.15) is 12.1 Å².